The Balaban J connectivity index is 1.89. The number of hydrogen-bond acceptors (Lipinski definition) is 3. The maximum absolute atomic E-state index is 11.1. The third-order valence-electron chi connectivity index (χ3n) is 4.73. The molecule has 1 heterocycles. The van der Waals surface area contributed by atoms with E-state index in [9.17, 15) is 5.11 Å². The standard InChI is InChI=1S/C23H27NO2/c1-2-3-15-20(21-16-10-17-26-21)24-22(18-11-6-4-7-12-18)23(25)19-13-8-5-9-14-19/h4-14,16-17,20,22-25H,2-3,15H2,1H3/t20-,22-,23+/m0/s1. The molecule has 0 aliphatic rings. The van der Waals surface area contributed by atoms with Crippen molar-refractivity contribution < 1.29 is 9.52 Å². The van der Waals surface area contributed by atoms with Crippen LogP contribution in [0.15, 0.2) is 83.5 Å². The van der Waals surface area contributed by atoms with Crippen LogP contribution >= 0.6 is 0 Å². The highest BCUT2D eigenvalue weighted by Crippen LogP contribution is 2.33. The Morgan fingerprint density at radius 2 is 1.54 bits per heavy atom. The van der Waals surface area contributed by atoms with Crippen LogP contribution in [-0.4, -0.2) is 5.11 Å². The van der Waals surface area contributed by atoms with Crippen molar-refractivity contribution in [2.24, 2.45) is 0 Å². The predicted octanol–water partition coefficient (Wildman–Crippen LogP) is 5.58. The van der Waals surface area contributed by atoms with Gasteiger partial charge in [0.15, 0.2) is 0 Å². The van der Waals surface area contributed by atoms with E-state index in [1.807, 2.05) is 60.7 Å². The van der Waals surface area contributed by atoms with Crippen molar-refractivity contribution in [1.29, 1.82) is 0 Å². The molecule has 3 aromatic rings. The van der Waals surface area contributed by atoms with Gasteiger partial charge >= 0.3 is 0 Å². The molecule has 1 aromatic heterocycles. The first-order chi connectivity index (χ1) is 12.8. The quantitative estimate of drug-likeness (QED) is 0.530. The largest absolute Gasteiger partial charge is 0.468 e. The number of unbranched alkanes of at least 4 members (excludes halogenated alkanes) is 1. The summed E-state index contributed by atoms with van der Waals surface area (Å²) in [5.74, 6) is 0.916. The van der Waals surface area contributed by atoms with Gasteiger partial charge in [0.2, 0.25) is 0 Å². The normalized spacial score (nSPS) is 14.7. The lowest BCUT2D eigenvalue weighted by atomic mass is 9.94. The summed E-state index contributed by atoms with van der Waals surface area (Å²) >= 11 is 0. The fraction of sp³-hybridized carbons (Fsp3) is 0.304. The van der Waals surface area contributed by atoms with E-state index >= 15 is 0 Å². The number of furan rings is 1. The van der Waals surface area contributed by atoms with E-state index in [1.165, 1.54) is 0 Å². The average molecular weight is 349 g/mol. The molecule has 0 radical (unpaired) electrons. The van der Waals surface area contributed by atoms with Crippen LogP contribution in [0.25, 0.3) is 0 Å². The zero-order chi connectivity index (χ0) is 18.2. The molecule has 0 bridgehead atoms. The van der Waals surface area contributed by atoms with Gasteiger partial charge in [0.25, 0.3) is 0 Å². The number of hydrogen-bond donors (Lipinski definition) is 2. The second kappa shape index (κ2) is 9.37. The SMILES string of the molecule is CCCC[C@H](N[C@@H](c1ccccc1)[C@H](O)c1ccccc1)c1ccco1. The Kier molecular flexibility index (Phi) is 6.64. The van der Waals surface area contributed by atoms with Crippen LogP contribution in [0.2, 0.25) is 0 Å². The van der Waals surface area contributed by atoms with E-state index in [-0.39, 0.29) is 12.1 Å². The Morgan fingerprint density at radius 3 is 2.12 bits per heavy atom. The number of aliphatic hydroxyl groups is 1. The van der Waals surface area contributed by atoms with Gasteiger partial charge in [-0.05, 0) is 29.7 Å². The minimum Gasteiger partial charge on any atom is -0.468 e. The maximum atomic E-state index is 11.1. The first kappa shape index (κ1) is 18.4. The molecule has 0 unspecified atom stereocenters. The van der Waals surface area contributed by atoms with Crippen molar-refractivity contribution in [3.8, 4) is 0 Å². The van der Waals surface area contributed by atoms with Crippen molar-refractivity contribution in [3.63, 3.8) is 0 Å². The summed E-state index contributed by atoms with van der Waals surface area (Å²) in [7, 11) is 0. The Bertz CT molecular complexity index is 740. The maximum Gasteiger partial charge on any atom is 0.120 e. The molecule has 2 aromatic carbocycles. The Labute approximate surface area is 155 Å². The first-order valence-electron chi connectivity index (χ1n) is 9.37. The summed E-state index contributed by atoms with van der Waals surface area (Å²) in [5.41, 5.74) is 1.97. The van der Waals surface area contributed by atoms with Crippen LogP contribution in [-0.2, 0) is 0 Å². The van der Waals surface area contributed by atoms with Gasteiger partial charge in [0, 0.05) is 0 Å². The summed E-state index contributed by atoms with van der Waals surface area (Å²) in [6, 6.07) is 23.7. The van der Waals surface area contributed by atoms with E-state index in [1.54, 1.807) is 6.26 Å². The van der Waals surface area contributed by atoms with E-state index < -0.39 is 6.10 Å². The molecular weight excluding hydrogens is 322 g/mol. The van der Waals surface area contributed by atoms with Gasteiger partial charge in [0.05, 0.1) is 24.5 Å². The molecule has 0 saturated heterocycles. The predicted molar refractivity (Wildman–Crippen MR) is 105 cm³/mol. The second-order valence-corrected chi connectivity index (χ2v) is 6.62. The van der Waals surface area contributed by atoms with E-state index in [0.29, 0.717) is 0 Å². The van der Waals surface area contributed by atoms with Gasteiger partial charge < -0.3 is 9.52 Å². The smallest absolute Gasteiger partial charge is 0.120 e. The minimum atomic E-state index is -0.641. The van der Waals surface area contributed by atoms with E-state index in [0.717, 1.165) is 36.1 Å². The zero-order valence-electron chi connectivity index (χ0n) is 15.2. The number of benzene rings is 2. The Hall–Kier alpha value is -2.36. The summed E-state index contributed by atoms with van der Waals surface area (Å²) < 4.78 is 5.67. The molecule has 0 aliphatic heterocycles. The van der Waals surface area contributed by atoms with Gasteiger partial charge in [-0.3, -0.25) is 5.32 Å². The lowest BCUT2D eigenvalue weighted by Crippen LogP contribution is -2.31. The van der Waals surface area contributed by atoms with Crippen LogP contribution in [0.1, 0.15) is 61.3 Å². The van der Waals surface area contributed by atoms with Crippen molar-refractivity contribution in [1.82, 2.24) is 5.32 Å². The molecule has 3 nitrogen and oxygen atoms in total. The molecule has 3 rings (SSSR count). The highest BCUT2D eigenvalue weighted by atomic mass is 16.3. The van der Waals surface area contributed by atoms with Gasteiger partial charge in [0.1, 0.15) is 5.76 Å². The minimum absolute atomic E-state index is 0.0634. The molecule has 3 heteroatoms. The molecule has 0 amide bonds. The fourth-order valence-electron chi connectivity index (χ4n) is 3.29. The second-order valence-electron chi connectivity index (χ2n) is 6.62. The molecule has 136 valence electrons. The number of rotatable bonds is 9. The zero-order valence-corrected chi connectivity index (χ0v) is 15.2. The first-order valence-corrected chi connectivity index (χ1v) is 9.37. The molecule has 0 fully saturated rings. The van der Waals surface area contributed by atoms with Crippen LogP contribution in [0.4, 0.5) is 0 Å². The van der Waals surface area contributed by atoms with Gasteiger partial charge in [-0.2, -0.15) is 0 Å². The summed E-state index contributed by atoms with van der Waals surface area (Å²) in [4.78, 5) is 0. The summed E-state index contributed by atoms with van der Waals surface area (Å²) in [5, 5.41) is 14.8. The molecule has 0 saturated carbocycles. The summed E-state index contributed by atoms with van der Waals surface area (Å²) in [6.45, 7) is 2.19. The average Bonchev–Trinajstić information content (AvgIpc) is 3.24. The van der Waals surface area contributed by atoms with Gasteiger partial charge in [-0.1, -0.05) is 80.4 Å². The van der Waals surface area contributed by atoms with Crippen molar-refractivity contribution in [2.45, 2.75) is 44.4 Å². The Morgan fingerprint density at radius 1 is 0.885 bits per heavy atom. The van der Waals surface area contributed by atoms with Crippen molar-refractivity contribution >= 4 is 0 Å². The van der Waals surface area contributed by atoms with Crippen LogP contribution < -0.4 is 5.32 Å². The van der Waals surface area contributed by atoms with E-state index in [2.05, 4.69) is 24.4 Å². The third-order valence-corrected chi connectivity index (χ3v) is 4.73. The molecule has 2 N–H and O–H groups in total. The molecule has 26 heavy (non-hydrogen) atoms. The fourth-order valence-corrected chi connectivity index (χ4v) is 3.29. The van der Waals surface area contributed by atoms with Crippen LogP contribution in [0.5, 0.6) is 0 Å². The van der Waals surface area contributed by atoms with Crippen LogP contribution in [0, 0.1) is 0 Å². The summed E-state index contributed by atoms with van der Waals surface area (Å²) in [6.07, 6.45) is 4.26. The lowest BCUT2D eigenvalue weighted by Gasteiger charge is -2.29. The van der Waals surface area contributed by atoms with Gasteiger partial charge in [-0.15, -0.1) is 0 Å². The molecule has 0 aliphatic carbocycles. The number of nitrogens with one attached hydrogen (secondary N) is 1. The topological polar surface area (TPSA) is 45.4 Å². The highest BCUT2D eigenvalue weighted by molar-refractivity contribution is 5.26. The highest BCUT2D eigenvalue weighted by Gasteiger charge is 2.26. The monoisotopic (exact) mass is 349 g/mol. The van der Waals surface area contributed by atoms with Crippen molar-refractivity contribution in [2.75, 3.05) is 0 Å². The lowest BCUT2D eigenvalue weighted by molar-refractivity contribution is 0.118. The molecule has 3 atom stereocenters. The van der Waals surface area contributed by atoms with Gasteiger partial charge in [-0.25, -0.2) is 0 Å². The number of aliphatic hydroxyl groups excluding tert-OH is 1. The van der Waals surface area contributed by atoms with E-state index in [4.69, 9.17) is 4.42 Å². The third kappa shape index (κ3) is 4.63. The van der Waals surface area contributed by atoms with Crippen molar-refractivity contribution in [3.05, 3.63) is 95.9 Å². The molecule has 0 spiro atoms. The molecular formula is C23H27NO2. The van der Waals surface area contributed by atoms with Crippen LogP contribution in [0.3, 0.4) is 0 Å².